The lowest BCUT2D eigenvalue weighted by atomic mass is 9.93. The molecule has 1 N–H and O–H groups in total. The third-order valence-corrected chi connectivity index (χ3v) is 7.91. The molecule has 4 heterocycles. The molecule has 2 aliphatic rings. The molecule has 2 atom stereocenters. The van der Waals surface area contributed by atoms with E-state index in [0.29, 0.717) is 17.9 Å². The van der Waals surface area contributed by atoms with Gasteiger partial charge in [0.2, 0.25) is 0 Å². The minimum atomic E-state index is 0.452. The first kappa shape index (κ1) is 23.7. The summed E-state index contributed by atoms with van der Waals surface area (Å²) in [5.41, 5.74) is 5.87. The lowest BCUT2D eigenvalue weighted by Crippen LogP contribution is -2.36. The number of rotatable bonds is 7. The second-order valence-corrected chi connectivity index (χ2v) is 10.4. The highest BCUT2D eigenvalue weighted by Crippen LogP contribution is 2.29. The van der Waals surface area contributed by atoms with Crippen LogP contribution in [0, 0.1) is 12.8 Å². The fraction of sp³-hybridized carbons (Fsp3) is 0.556. The largest absolute Gasteiger partial charge is 0.381 e. The summed E-state index contributed by atoms with van der Waals surface area (Å²) in [5, 5.41) is 9.51. The van der Waals surface area contributed by atoms with Crippen LogP contribution in [0.1, 0.15) is 61.0 Å². The van der Waals surface area contributed by atoms with Gasteiger partial charge in [-0.25, -0.2) is 9.50 Å². The lowest BCUT2D eigenvalue weighted by Gasteiger charge is -2.33. The summed E-state index contributed by atoms with van der Waals surface area (Å²) < 4.78 is 7.65. The standard InChI is InChI=1S/C27H36ClN5O/c1-19(22-10-14-34-15-11-22)30-16-25-20(2)31-33-26(9-12-29-27(25)33)23-4-3-13-32(18-23)17-21-5-7-24(28)8-6-21/h5-9,12,19,22-23,30H,3-4,10-11,13-18H2,1-2H3/t19?,23-/m1/s1. The van der Waals surface area contributed by atoms with Crippen LogP contribution in [0.2, 0.25) is 5.02 Å². The Bertz CT molecular complexity index is 1090. The smallest absolute Gasteiger partial charge is 0.159 e. The van der Waals surface area contributed by atoms with Crippen LogP contribution >= 0.6 is 11.6 Å². The second kappa shape index (κ2) is 10.7. The molecule has 2 fully saturated rings. The first-order valence-corrected chi connectivity index (χ1v) is 13.1. The first-order valence-electron chi connectivity index (χ1n) is 12.7. The summed E-state index contributed by atoms with van der Waals surface area (Å²) in [4.78, 5) is 7.31. The minimum Gasteiger partial charge on any atom is -0.381 e. The van der Waals surface area contributed by atoms with Crippen molar-refractivity contribution in [2.24, 2.45) is 5.92 Å². The van der Waals surface area contributed by atoms with Crippen molar-refractivity contribution >= 4 is 17.2 Å². The SMILES string of the molecule is Cc1nn2c([C@@H]3CCCN(Cc4ccc(Cl)cc4)C3)ccnc2c1CNC(C)C1CCOCC1. The molecule has 0 aliphatic carbocycles. The van der Waals surface area contributed by atoms with Gasteiger partial charge in [-0.05, 0) is 75.8 Å². The zero-order valence-electron chi connectivity index (χ0n) is 20.3. The number of hydrogen-bond donors (Lipinski definition) is 1. The van der Waals surface area contributed by atoms with Crippen molar-refractivity contribution in [3.63, 3.8) is 0 Å². The van der Waals surface area contributed by atoms with E-state index in [0.717, 1.165) is 68.6 Å². The molecular formula is C27H36ClN5O. The van der Waals surface area contributed by atoms with Gasteiger partial charge in [0.05, 0.1) is 11.4 Å². The third kappa shape index (κ3) is 5.30. The van der Waals surface area contributed by atoms with Crippen LogP contribution in [0.3, 0.4) is 0 Å². The van der Waals surface area contributed by atoms with E-state index in [-0.39, 0.29) is 0 Å². The summed E-state index contributed by atoms with van der Waals surface area (Å²) in [7, 11) is 0. The Kier molecular flexibility index (Phi) is 7.49. The summed E-state index contributed by atoms with van der Waals surface area (Å²) in [6.45, 7) is 10.1. The number of benzene rings is 1. The zero-order chi connectivity index (χ0) is 23.5. The third-order valence-electron chi connectivity index (χ3n) is 7.66. The molecule has 182 valence electrons. The van der Waals surface area contributed by atoms with E-state index in [2.05, 4.69) is 46.8 Å². The number of ether oxygens (including phenoxy) is 1. The fourth-order valence-electron chi connectivity index (χ4n) is 5.56. The number of likely N-dealkylation sites (tertiary alicyclic amines) is 1. The molecule has 2 aliphatic heterocycles. The average Bonchev–Trinajstić information content (AvgIpc) is 3.19. The first-order chi connectivity index (χ1) is 16.6. The number of nitrogens with zero attached hydrogens (tertiary/aromatic N) is 4. The summed E-state index contributed by atoms with van der Waals surface area (Å²) in [6.07, 6.45) is 6.62. The Morgan fingerprint density at radius 3 is 2.74 bits per heavy atom. The van der Waals surface area contributed by atoms with Crippen LogP contribution in [0.25, 0.3) is 5.65 Å². The number of halogens is 1. The Hall–Kier alpha value is -1.99. The molecule has 0 amide bonds. The van der Waals surface area contributed by atoms with Crippen molar-refractivity contribution in [2.45, 2.75) is 64.6 Å². The van der Waals surface area contributed by atoms with Crippen LogP contribution < -0.4 is 5.32 Å². The predicted molar refractivity (Wildman–Crippen MR) is 136 cm³/mol. The van der Waals surface area contributed by atoms with Gasteiger partial charge in [0.1, 0.15) is 0 Å². The van der Waals surface area contributed by atoms with Gasteiger partial charge in [0.15, 0.2) is 5.65 Å². The highest BCUT2D eigenvalue weighted by atomic mass is 35.5. The van der Waals surface area contributed by atoms with Crippen LogP contribution in [-0.2, 0) is 17.8 Å². The van der Waals surface area contributed by atoms with E-state index in [4.69, 9.17) is 26.4 Å². The highest BCUT2D eigenvalue weighted by Gasteiger charge is 2.26. The van der Waals surface area contributed by atoms with Gasteiger partial charge in [-0.1, -0.05) is 23.7 Å². The molecule has 2 aromatic heterocycles. The van der Waals surface area contributed by atoms with Crippen LogP contribution in [-0.4, -0.2) is 51.8 Å². The van der Waals surface area contributed by atoms with Crippen molar-refractivity contribution in [1.29, 1.82) is 0 Å². The molecular weight excluding hydrogens is 446 g/mol. The van der Waals surface area contributed by atoms with Crippen molar-refractivity contribution < 1.29 is 4.74 Å². The Morgan fingerprint density at radius 1 is 1.15 bits per heavy atom. The predicted octanol–water partition coefficient (Wildman–Crippen LogP) is 4.98. The van der Waals surface area contributed by atoms with Gasteiger partial charge < -0.3 is 10.1 Å². The Labute approximate surface area is 207 Å². The van der Waals surface area contributed by atoms with E-state index in [9.17, 15) is 0 Å². The number of nitrogens with one attached hydrogen (secondary N) is 1. The lowest BCUT2D eigenvalue weighted by molar-refractivity contribution is 0.0558. The van der Waals surface area contributed by atoms with E-state index in [1.165, 1.54) is 29.7 Å². The van der Waals surface area contributed by atoms with Gasteiger partial charge in [-0.15, -0.1) is 0 Å². The van der Waals surface area contributed by atoms with Crippen molar-refractivity contribution in [3.05, 3.63) is 64.1 Å². The number of piperidine rings is 1. The molecule has 2 saturated heterocycles. The maximum atomic E-state index is 6.07. The Balaban J connectivity index is 1.30. The number of aromatic nitrogens is 3. The molecule has 1 aromatic carbocycles. The van der Waals surface area contributed by atoms with Gasteiger partial charge in [-0.2, -0.15) is 5.10 Å². The molecule has 6 nitrogen and oxygen atoms in total. The summed E-state index contributed by atoms with van der Waals surface area (Å²) >= 11 is 6.07. The normalized spacial score (nSPS) is 21.2. The summed E-state index contributed by atoms with van der Waals surface area (Å²) in [6, 6.07) is 10.9. The van der Waals surface area contributed by atoms with Gasteiger partial charge in [-0.3, -0.25) is 4.90 Å². The molecule has 0 radical (unpaired) electrons. The fourth-order valence-corrected chi connectivity index (χ4v) is 5.69. The monoisotopic (exact) mass is 481 g/mol. The molecule has 3 aromatic rings. The zero-order valence-corrected chi connectivity index (χ0v) is 21.1. The maximum Gasteiger partial charge on any atom is 0.159 e. The molecule has 1 unspecified atom stereocenters. The molecule has 5 rings (SSSR count). The van der Waals surface area contributed by atoms with Crippen LogP contribution in [0.15, 0.2) is 36.5 Å². The van der Waals surface area contributed by atoms with E-state index in [1.54, 1.807) is 0 Å². The summed E-state index contributed by atoms with van der Waals surface area (Å²) in [5.74, 6) is 1.13. The van der Waals surface area contributed by atoms with Gasteiger partial charge in [0, 0.05) is 61.6 Å². The van der Waals surface area contributed by atoms with Crippen LogP contribution in [0.4, 0.5) is 0 Å². The topological polar surface area (TPSA) is 54.7 Å². The van der Waals surface area contributed by atoms with Crippen molar-refractivity contribution in [1.82, 2.24) is 24.8 Å². The molecule has 0 spiro atoms. The second-order valence-electron chi connectivity index (χ2n) is 9.99. The molecule has 34 heavy (non-hydrogen) atoms. The molecule has 0 saturated carbocycles. The van der Waals surface area contributed by atoms with Crippen molar-refractivity contribution in [3.8, 4) is 0 Å². The van der Waals surface area contributed by atoms with E-state index in [1.807, 2.05) is 18.3 Å². The quantitative estimate of drug-likeness (QED) is 0.516. The number of fused-ring (bicyclic) bond motifs is 1. The van der Waals surface area contributed by atoms with Crippen LogP contribution in [0.5, 0.6) is 0 Å². The maximum absolute atomic E-state index is 6.07. The van der Waals surface area contributed by atoms with E-state index >= 15 is 0 Å². The number of hydrogen-bond acceptors (Lipinski definition) is 5. The van der Waals surface area contributed by atoms with Gasteiger partial charge >= 0.3 is 0 Å². The average molecular weight is 482 g/mol. The molecule has 7 heteroatoms. The minimum absolute atomic E-state index is 0.452. The Morgan fingerprint density at radius 2 is 1.94 bits per heavy atom. The van der Waals surface area contributed by atoms with Crippen molar-refractivity contribution in [2.75, 3.05) is 26.3 Å². The molecule has 0 bridgehead atoms. The van der Waals surface area contributed by atoms with E-state index < -0.39 is 0 Å². The van der Waals surface area contributed by atoms with Gasteiger partial charge in [0.25, 0.3) is 0 Å². The number of aryl methyl sites for hydroxylation is 1. The highest BCUT2D eigenvalue weighted by molar-refractivity contribution is 6.30.